The second-order valence-corrected chi connectivity index (χ2v) is 6.57. The maximum absolute atomic E-state index is 4.43. The number of pyridine rings is 1. The largest absolute Gasteiger partial charge is 0.310 e. The van der Waals surface area contributed by atoms with E-state index in [2.05, 4.69) is 73.3 Å². The highest BCUT2D eigenvalue weighted by molar-refractivity contribution is 9.11. The number of rotatable bonds is 6. The molecule has 2 rings (SSSR count). The summed E-state index contributed by atoms with van der Waals surface area (Å²) in [7, 11) is 0. The van der Waals surface area contributed by atoms with E-state index in [1.807, 2.05) is 18.3 Å². The minimum absolute atomic E-state index is 0.277. The predicted molar refractivity (Wildman–Crippen MR) is 90.8 cm³/mol. The molecule has 1 heterocycles. The highest BCUT2D eigenvalue weighted by atomic mass is 79.9. The van der Waals surface area contributed by atoms with Crippen LogP contribution in [-0.4, -0.2) is 11.5 Å². The number of nitrogens with one attached hydrogen (secondary N) is 1. The third-order valence-electron chi connectivity index (χ3n) is 3.07. The van der Waals surface area contributed by atoms with Crippen molar-refractivity contribution in [1.29, 1.82) is 0 Å². The molecule has 0 saturated carbocycles. The maximum Gasteiger partial charge on any atom is 0.0422 e. The molecule has 1 unspecified atom stereocenters. The highest BCUT2D eigenvalue weighted by Gasteiger charge is 2.13. The van der Waals surface area contributed by atoms with E-state index in [1.165, 1.54) is 5.56 Å². The lowest BCUT2D eigenvalue weighted by atomic mass is 10.0. The van der Waals surface area contributed by atoms with Crippen molar-refractivity contribution in [3.8, 4) is 0 Å². The van der Waals surface area contributed by atoms with Gasteiger partial charge in [-0.25, -0.2) is 0 Å². The molecule has 1 aromatic carbocycles. The summed E-state index contributed by atoms with van der Waals surface area (Å²) < 4.78 is 2.18. The molecule has 0 fully saturated rings. The first-order chi connectivity index (χ1) is 9.69. The van der Waals surface area contributed by atoms with E-state index in [0.29, 0.717) is 0 Å². The van der Waals surface area contributed by atoms with Gasteiger partial charge in [0.15, 0.2) is 0 Å². The Morgan fingerprint density at radius 3 is 2.50 bits per heavy atom. The molecule has 0 aliphatic heterocycles. The third-order valence-corrected chi connectivity index (χ3v) is 3.98. The summed E-state index contributed by atoms with van der Waals surface area (Å²) in [6, 6.07) is 12.7. The third kappa shape index (κ3) is 4.69. The van der Waals surface area contributed by atoms with Gasteiger partial charge in [0.2, 0.25) is 0 Å². The molecular formula is C16H18Br2N2. The van der Waals surface area contributed by atoms with Crippen LogP contribution in [0.2, 0.25) is 0 Å². The molecule has 20 heavy (non-hydrogen) atoms. The standard InChI is InChI=1S/C16H18Br2N2/c1-2-6-20-16(11-15-5-3-4-7-19-15)12-8-13(17)10-14(18)9-12/h3-5,7-10,16,20H,2,6,11H2,1H3. The quantitative estimate of drug-likeness (QED) is 0.750. The molecule has 2 aromatic rings. The first-order valence-corrected chi connectivity index (χ1v) is 8.37. The zero-order chi connectivity index (χ0) is 14.4. The smallest absolute Gasteiger partial charge is 0.0422 e. The highest BCUT2D eigenvalue weighted by Crippen LogP contribution is 2.26. The van der Waals surface area contributed by atoms with Crippen molar-refractivity contribution in [3.05, 3.63) is 62.8 Å². The van der Waals surface area contributed by atoms with Crippen LogP contribution in [-0.2, 0) is 6.42 Å². The fourth-order valence-electron chi connectivity index (χ4n) is 2.13. The minimum atomic E-state index is 0.277. The Balaban J connectivity index is 2.22. The van der Waals surface area contributed by atoms with Crippen molar-refractivity contribution in [3.63, 3.8) is 0 Å². The number of aromatic nitrogens is 1. The Morgan fingerprint density at radius 2 is 1.90 bits per heavy atom. The molecule has 1 aromatic heterocycles. The van der Waals surface area contributed by atoms with Gasteiger partial charge >= 0.3 is 0 Å². The van der Waals surface area contributed by atoms with E-state index >= 15 is 0 Å². The second kappa shape index (κ2) is 7.91. The zero-order valence-corrected chi connectivity index (χ0v) is 14.6. The fourth-order valence-corrected chi connectivity index (χ4v) is 3.46. The summed E-state index contributed by atoms with van der Waals surface area (Å²) in [4.78, 5) is 4.43. The summed E-state index contributed by atoms with van der Waals surface area (Å²) in [5.41, 5.74) is 2.38. The van der Waals surface area contributed by atoms with Crippen LogP contribution in [0.15, 0.2) is 51.5 Å². The van der Waals surface area contributed by atoms with Crippen LogP contribution in [0.1, 0.15) is 30.6 Å². The van der Waals surface area contributed by atoms with Crippen LogP contribution in [0.3, 0.4) is 0 Å². The molecule has 0 aliphatic carbocycles. The molecule has 1 N–H and O–H groups in total. The van der Waals surface area contributed by atoms with Gasteiger partial charge in [0.1, 0.15) is 0 Å². The minimum Gasteiger partial charge on any atom is -0.310 e. The second-order valence-electron chi connectivity index (χ2n) is 4.73. The number of nitrogens with zero attached hydrogens (tertiary/aromatic N) is 1. The molecule has 1 atom stereocenters. The molecule has 0 spiro atoms. The van der Waals surface area contributed by atoms with E-state index < -0.39 is 0 Å². The molecule has 0 bridgehead atoms. The summed E-state index contributed by atoms with van der Waals surface area (Å²) in [5.74, 6) is 0. The Morgan fingerprint density at radius 1 is 1.15 bits per heavy atom. The van der Waals surface area contributed by atoms with Crippen molar-refractivity contribution in [2.45, 2.75) is 25.8 Å². The number of hydrogen-bond acceptors (Lipinski definition) is 2. The summed E-state index contributed by atoms with van der Waals surface area (Å²) in [5, 5.41) is 3.61. The van der Waals surface area contributed by atoms with Crippen molar-refractivity contribution in [2.24, 2.45) is 0 Å². The van der Waals surface area contributed by atoms with Gasteiger partial charge in [-0.3, -0.25) is 4.98 Å². The van der Waals surface area contributed by atoms with Crippen LogP contribution in [0.4, 0.5) is 0 Å². The average Bonchev–Trinajstić information content (AvgIpc) is 2.43. The Hall–Kier alpha value is -0.710. The van der Waals surface area contributed by atoms with E-state index in [1.54, 1.807) is 0 Å². The van der Waals surface area contributed by atoms with Gasteiger partial charge in [0.25, 0.3) is 0 Å². The van der Waals surface area contributed by atoms with Crippen LogP contribution in [0, 0.1) is 0 Å². The lowest BCUT2D eigenvalue weighted by Gasteiger charge is -2.19. The predicted octanol–water partition coefficient (Wildman–Crippen LogP) is 4.89. The van der Waals surface area contributed by atoms with Gasteiger partial charge in [0, 0.05) is 33.3 Å². The van der Waals surface area contributed by atoms with Crippen molar-refractivity contribution in [2.75, 3.05) is 6.54 Å². The van der Waals surface area contributed by atoms with E-state index in [4.69, 9.17) is 0 Å². The van der Waals surface area contributed by atoms with Gasteiger partial charge in [-0.05, 0) is 48.9 Å². The zero-order valence-electron chi connectivity index (χ0n) is 11.4. The Kier molecular flexibility index (Phi) is 6.20. The fraction of sp³-hybridized carbons (Fsp3) is 0.312. The summed E-state index contributed by atoms with van der Waals surface area (Å²) in [6.07, 6.45) is 3.86. The van der Waals surface area contributed by atoms with Crippen LogP contribution in [0.5, 0.6) is 0 Å². The van der Waals surface area contributed by atoms with E-state index in [0.717, 1.165) is 34.0 Å². The lowest BCUT2D eigenvalue weighted by molar-refractivity contribution is 0.524. The normalized spacial score (nSPS) is 12.3. The molecule has 0 amide bonds. The molecular weight excluding hydrogens is 380 g/mol. The van der Waals surface area contributed by atoms with Crippen molar-refractivity contribution < 1.29 is 0 Å². The van der Waals surface area contributed by atoms with Crippen LogP contribution >= 0.6 is 31.9 Å². The van der Waals surface area contributed by atoms with Gasteiger partial charge < -0.3 is 5.32 Å². The Labute approximate surface area is 137 Å². The summed E-state index contributed by atoms with van der Waals surface area (Å²) in [6.45, 7) is 3.18. The number of hydrogen-bond donors (Lipinski definition) is 1. The van der Waals surface area contributed by atoms with Crippen molar-refractivity contribution in [1.82, 2.24) is 10.3 Å². The van der Waals surface area contributed by atoms with Gasteiger partial charge in [-0.1, -0.05) is 44.8 Å². The summed E-state index contributed by atoms with van der Waals surface area (Å²) >= 11 is 7.12. The van der Waals surface area contributed by atoms with Crippen LogP contribution < -0.4 is 5.32 Å². The number of halogens is 2. The first-order valence-electron chi connectivity index (χ1n) is 6.78. The van der Waals surface area contributed by atoms with Gasteiger partial charge in [-0.2, -0.15) is 0 Å². The van der Waals surface area contributed by atoms with Gasteiger partial charge in [-0.15, -0.1) is 0 Å². The number of benzene rings is 1. The molecule has 106 valence electrons. The molecule has 2 nitrogen and oxygen atoms in total. The maximum atomic E-state index is 4.43. The first kappa shape index (κ1) is 15.7. The molecule has 0 aliphatic rings. The lowest BCUT2D eigenvalue weighted by Crippen LogP contribution is -2.24. The Bertz CT molecular complexity index is 523. The molecule has 4 heteroatoms. The molecule has 0 radical (unpaired) electrons. The van der Waals surface area contributed by atoms with Crippen LogP contribution in [0.25, 0.3) is 0 Å². The monoisotopic (exact) mass is 396 g/mol. The van der Waals surface area contributed by atoms with E-state index in [-0.39, 0.29) is 6.04 Å². The SMILES string of the molecule is CCCNC(Cc1ccccn1)c1cc(Br)cc(Br)c1. The average molecular weight is 398 g/mol. The topological polar surface area (TPSA) is 24.9 Å². The van der Waals surface area contributed by atoms with Gasteiger partial charge in [0.05, 0.1) is 0 Å². The van der Waals surface area contributed by atoms with Crippen molar-refractivity contribution >= 4 is 31.9 Å². The van der Waals surface area contributed by atoms with E-state index in [9.17, 15) is 0 Å². The molecule has 0 saturated heterocycles.